The Morgan fingerprint density at radius 3 is 2.71 bits per heavy atom. The molecule has 0 heterocycles. The van der Waals surface area contributed by atoms with Gasteiger partial charge >= 0.3 is 0 Å². The van der Waals surface area contributed by atoms with Crippen molar-refractivity contribution in [1.82, 2.24) is 5.32 Å². The van der Waals surface area contributed by atoms with Crippen molar-refractivity contribution in [3.05, 3.63) is 58.1 Å². The smallest absolute Gasteiger partial charge is 0.257 e. The van der Waals surface area contributed by atoms with Crippen LogP contribution in [0.25, 0.3) is 0 Å². The Morgan fingerprint density at radius 2 is 2.04 bits per heavy atom. The highest BCUT2D eigenvalue weighted by Crippen LogP contribution is 2.26. The second-order valence-electron chi connectivity index (χ2n) is 5.27. The molecule has 1 amide bonds. The molecule has 2 N–H and O–H groups in total. The average Bonchev–Trinajstić information content (AvgIpc) is 2.53. The van der Waals surface area contributed by atoms with Gasteiger partial charge in [-0.2, -0.15) is 0 Å². The third kappa shape index (κ3) is 5.32. The molecule has 24 heavy (non-hydrogen) atoms. The molecule has 0 spiro atoms. The first-order chi connectivity index (χ1) is 11.5. The fourth-order valence-corrected chi connectivity index (χ4v) is 2.74. The molecule has 0 aliphatic rings. The first kappa shape index (κ1) is 18.4. The van der Waals surface area contributed by atoms with Gasteiger partial charge < -0.3 is 10.1 Å². The molecular formula is C18H19BrN2O2S. The third-order valence-electron chi connectivity index (χ3n) is 3.16. The van der Waals surface area contributed by atoms with Crippen LogP contribution in [0.5, 0.6) is 5.75 Å². The number of aryl methyl sites for hydroxylation is 1. The minimum atomic E-state index is -0.275. The maximum absolute atomic E-state index is 12.3. The quantitative estimate of drug-likeness (QED) is 0.708. The Balaban J connectivity index is 1.98. The summed E-state index contributed by atoms with van der Waals surface area (Å²) in [4.78, 5) is 12.3. The van der Waals surface area contributed by atoms with E-state index in [4.69, 9.17) is 17.0 Å². The number of thiocarbonyl (C=S) groups is 1. The van der Waals surface area contributed by atoms with E-state index in [1.54, 1.807) is 18.2 Å². The molecule has 0 aliphatic carbocycles. The largest absolute Gasteiger partial charge is 0.492 e. The lowest BCUT2D eigenvalue weighted by atomic mass is 10.2. The maximum Gasteiger partial charge on any atom is 0.257 e. The third-order valence-corrected chi connectivity index (χ3v) is 3.98. The van der Waals surface area contributed by atoms with E-state index in [-0.39, 0.29) is 11.0 Å². The SMILES string of the molecule is CCCOc1ccc(C(=O)NC(=S)Nc2cccc(C)c2)cc1Br. The molecule has 0 fully saturated rings. The second-order valence-corrected chi connectivity index (χ2v) is 6.53. The van der Waals surface area contributed by atoms with Crippen LogP contribution in [0, 0.1) is 6.92 Å². The number of carbonyl (C=O) groups excluding carboxylic acids is 1. The zero-order valence-corrected chi connectivity index (χ0v) is 16.0. The van der Waals surface area contributed by atoms with Gasteiger partial charge in [0.2, 0.25) is 0 Å². The van der Waals surface area contributed by atoms with Gasteiger partial charge in [0, 0.05) is 11.3 Å². The lowest BCUT2D eigenvalue weighted by Crippen LogP contribution is -2.34. The average molecular weight is 407 g/mol. The summed E-state index contributed by atoms with van der Waals surface area (Å²) >= 11 is 8.61. The maximum atomic E-state index is 12.3. The van der Waals surface area contributed by atoms with Gasteiger partial charge in [0.15, 0.2) is 5.11 Å². The minimum absolute atomic E-state index is 0.257. The van der Waals surface area contributed by atoms with E-state index < -0.39 is 0 Å². The van der Waals surface area contributed by atoms with E-state index in [0.717, 1.165) is 22.1 Å². The molecule has 0 radical (unpaired) electrons. The molecule has 6 heteroatoms. The van der Waals surface area contributed by atoms with Crippen molar-refractivity contribution in [2.24, 2.45) is 0 Å². The van der Waals surface area contributed by atoms with Gasteiger partial charge in [-0.1, -0.05) is 19.1 Å². The molecule has 0 aromatic heterocycles. The van der Waals surface area contributed by atoms with Gasteiger partial charge in [0.25, 0.3) is 5.91 Å². The zero-order valence-electron chi connectivity index (χ0n) is 13.6. The first-order valence-electron chi connectivity index (χ1n) is 7.61. The van der Waals surface area contributed by atoms with E-state index >= 15 is 0 Å². The summed E-state index contributed by atoms with van der Waals surface area (Å²) in [6, 6.07) is 13.0. The normalized spacial score (nSPS) is 10.1. The Bertz CT molecular complexity index is 750. The number of halogens is 1. The number of hydrogen-bond acceptors (Lipinski definition) is 3. The second kappa shape index (κ2) is 8.80. The monoisotopic (exact) mass is 406 g/mol. The van der Waals surface area contributed by atoms with Crippen LogP contribution in [0.1, 0.15) is 29.3 Å². The van der Waals surface area contributed by atoms with Crippen molar-refractivity contribution in [1.29, 1.82) is 0 Å². The van der Waals surface area contributed by atoms with Gasteiger partial charge in [0.1, 0.15) is 5.75 Å². The topological polar surface area (TPSA) is 50.4 Å². The van der Waals surface area contributed by atoms with Crippen molar-refractivity contribution in [2.75, 3.05) is 11.9 Å². The molecule has 0 aliphatic heterocycles. The van der Waals surface area contributed by atoms with Crippen LogP contribution in [-0.4, -0.2) is 17.6 Å². The summed E-state index contributed by atoms with van der Waals surface area (Å²) in [5, 5.41) is 5.93. The number of amides is 1. The van der Waals surface area contributed by atoms with Crippen LogP contribution in [0.3, 0.4) is 0 Å². The van der Waals surface area contributed by atoms with Crippen LogP contribution >= 0.6 is 28.1 Å². The molecule has 126 valence electrons. The highest BCUT2D eigenvalue weighted by molar-refractivity contribution is 9.10. The van der Waals surface area contributed by atoms with Crippen LogP contribution < -0.4 is 15.4 Å². The van der Waals surface area contributed by atoms with Gasteiger partial charge in [0.05, 0.1) is 11.1 Å². The molecule has 2 aromatic carbocycles. The van der Waals surface area contributed by atoms with Crippen molar-refractivity contribution < 1.29 is 9.53 Å². The van der Waals surface area contributed by atoms with Crippen LogP contribution in [0.2, 0.25) is 0 Å². The van der Waals surface area contributed by atoms with Gasteiger partial charge in [-0.3, -0.25) is 10.1 Å². The Labute approximate surface area is 155 Å². The minimum Gasteiger partial charge on any atom is -0.492 e. The Morgan fingerprint density at radius 1 is 1.25 bits per heavy atom. The highest BCUT2D eigenvalue weighted by atomic mass is 79.9. The van der Waals surface area contributed by atoms with Crippen molar-refractivity contribution in [3.8, 4) is 5.75 Å². The standard InChI is InChI=1S/C18H19BrN2O2S/c1-3-9-23-16-8-7-13(11-15(16)19)17(22)21-18(24)20-14-6-4-5-12(2)10-14/h4-8,10-11H,3,9H2,1-2H3,(H2,20,21,22,24). The first-order valence-corrected chi connectivity index (χ1v) is 8.81. The van der Waals surface area contributed by atoms with Crippen molar-refractivity contribution in [3.63, 3.8) is 0 Å². The van der Waals surface area contributed by atoms with E-state index in [2.05, 4.69) is 26.6 Å². The highest BCUT2D eigenvalue weighted by Gasteiger charge is 2.11. The zero-order chi connectivity index (χ0) is 17.5. The fourth-order valence-electron chi connectivity index (χ4n) is 2.03. The molecule has 0 saturated carbocycles. The van der Waals surface area contributed by atoms with Gasteiger partial charge in [-0.25, -0.2) is 0 Å². The Hall–Kier alpha value is -1.92. The molecule has 0 saturated heterocycles. The molecular weight excluding hydrogens is 388 g/mol. The number of ether oxygens (including phenoxy) is 1. The summed E-state index contributed by atoms with van der Waals surface area (Å²) in [6.45, 7) is 4.67. The van der Waals surface area contributed by atoms with Crippen LogP contribution in [0.4, 0.5) is 5.69 Å². The molecule has 2 aromatic rings. The van der Waals surface area contributed by atoms with Crippen LogP contribution in [-0.2, 0) is 0 Å². The molecule has 2 rings (SSSR count). The van der Waals surface area contributed by atoms with Crippen molar-refractivity contribution in [2.45, 2.75) is 20.3 Å². The number of carbonyl (C=O) groups is 1. The Kier molecular flexibility index (Phi) is 6.75. The van der Waals surface area contributed by atoms with E-state index in [1.165, 1.54) is 0 Å². The van der Waals surface area contributed by atoms with E-state index in [0.29, 0.717) is 17.9 Å². The summed E-state index contributed by atoms with van der Waals surface area (Å²) < 4.78 is 6.31. The number of nitrogens with one attached hydrogen (secondary N) is 2. The number of anilines is 1. The summed E-state index contributed by atoms with van der Waals surface area (Å²) in [6.07, 6.45) is 0.924. The van der Waals surface area contributed by atoms with Gasteiger partial charge in [-0.05, 0) is 77.4 Å². The molecule has 4 nitrogen and oxygen atoms in total. The van der Waals surface area contributed by atoms with Gasteiger partial charge in [-0.15, -0.1) is 0 Å². The lowest BCUT2D eigenvalue weighted by Gasteiger charge is -2.11. The summed E-state index contributed by atoms with van der Waals surface area (Å²) in [5.74, 6) is 0.441. The van der Waals surface area contributed by atoms with Crippen LogP contribution in [0.15, 0.2) is 46.9 Å². The predicted octanol–water partition coefficient (Wildman–Crippen LogP) is 4.67. The fraction of sp³-hybridized carbons (Fsp3) is 0.222. The van der Waals surface area contributed by atoms with E-state index in [9.17, 15) is 4.79 Å². The van der Waals surface area contributed by atoms with Crippen molar-refractivity contribution >= 4 is 44.9 Å². The number of rotatable bonds is 5. The number of hydrogen-bond donors (Lipinski definition) is 2. The predicted molar refractivity (Wildman–Crippen MR) is 105 cm³/mol. The molecule has 0 atom stereocenters. The molecule has 0 unspecified atom stereocenters. The number of benzene rings is 2. The molecule has 0 bridgehead atoms. The summed E-state index contributed by atoms with van der Waals surface area (Å²) in [7, 11) is 0. The van der Waals surface area contributed by atoms with E-state index in [1.807, 2.05) is 38.1 Å². The summed E-state index contributed by atoms with van der Waals surface area (Å²) in [5.41, 5.74) is 2.45. The lowest BCUT2D eigenvalue weighted by molar-refractivity contribution is 0.0977.